The van der Waals surface area contributed by atoms with Crippen molar-refractivity contribution in [2.24, 2.45) is 5.92 Å². The van der Waals surface area contributed by atoms with Crippen molar-refractivity contribution in [2.45, 2.75) is 30.9 Å². The fourth-order valence-electron chi connectivity index (χ4n) is 3.95. The lowest BCUT2D eigenvalue weighted by atomic mass is 9.79. The highest BCUT2D eigenvalue weighted by Gasteiger charge is 2.54. The van der Waals surface area contributed by atoms with Crippen LogP contribution in [0.4, 0.5) is 0 Å². The van der Waals surface area contributed by atoms with E-state index in [-0.39, 0.29) is 5.60 Å². The van der Waals surface area contributed by atoms with E-state index in [2.05, 4.69) is 9.88 Å². The lowest BCUT2D eigenvalue weighted by molar-refractivity contribution is -0.159. The van der Waals surface area contributed by atoms with Crippen LogP contribution in [0.15, 0.2) is 24.5 Å². The van der Waals surface area contributed by atoms with Crippen LogP contribution < -0.4 is 4.74 Å². The molecule has 3 saturated heterocycles. The van der Waals surface area contributed by atoms with Gasteiger partial charge < -0.3 is 14.2 Å². The molecule has 0 saturated carbocycles. The molecule has 1 unspecified atom stereocenters. The van der Waals surface area contributed by atoms with Crippen molar-refractivity contribution in [3.63, 3.8) is 0 Å². The van der Waals surface area contributed by atoms with Gasteiger partial charge in [-0.25, -0.2) is 0 Å². The van der Waals surface area contributed by atoms with Crippen LogP contribution in [0.25, 0.3) is 0 Å². The molecule has 5 heteroatoms. The van der Waals surface area contributed by atoms with E-state index in [9.17, 15) is 0 Å². The summed E-state index contributed by atoms with van der Waals surface area (Å²) in [5.74, 6) is 1.34. The third kappa shape index (κ3) is 2.73. The molecule has 3 aliphatic heterocycles. The van der Waals surface area contributed by atoms with E-state index in [0.717, 1.165) is 64.5 Å². The zero-order chi connectivity index (χ0) is 14.8. The topological polar surface area (TPSA) is 43.8 Å². The molecule has 1 spiro atoms. The first-order valence-corrected chi connectivity index (χ1v) is 8.34. The SMILES string of the molecule is c1cncc(OCC2CCOC23CN(C2CCOCC2)C3)c1. The number of ether oxygens (including phenoxy) is 3. The molecule has 4 heterocycles. The zero-order valence-corrected chi connectivity index (χ0v) is 12.9. The van der Waals surface area contributed by atoms with Gasteiger partial charge in [-0.2, -0.15) is 0 Å². The monoisotopic (exact) mass is 304 g/mol. The number of aromatic nitrogens is 1. The predicted octanol–water partition coefficient (Wildman–Crippen LogP) is 1.73. The number of nitrogens with zero attached hydrogens (tertiary/aromatic N) is 2. The van der Waals surface area contributed by atoms with Crippen molar-refractivity contribution in [3.8, 4) is 5.75 Å². The van der Waals surface area contributed by atoms with E-state index in [1.54, 1.807) is 12.4 Å². The van der Waals surface area contributed by atoms with E-state index < -0.39 is 0 Å². The smallest absolute Gasteiger partial charge is 0.137 e. The van der Waals surface area contributed by atoms with E-state index >= 15 is 0 Å². The third-order valence-electron chi connectivity index (χ3n) is 5.33. The number of hydrogen-bond donors (Lipinski definition) is 0. The second kappa shape index (κ2) is 6.14. The number of pyridine rings is 1. The minimum Gasteiger partial charge on any atom is -0.492 e. The summed E-state index contributed by atoms with van der Waals surface area (Å²) in [6.07, 6.45) is 6.96. The van der Waals surface area contributed by atoms with E-state index in [1.807, 2.05) is 12.1 Å². The maximum Gasteiger partial charge on any atom is 0.137 e. The van der Waals surface area contributed by atoms with Crippen LogP contribution in [0.3, 0.4) is 0 Å². The second-order valence-corrected chi connectivity index (χ2v) is 6.65. The van der Waals surface area contributed by atoms with Gasteiger partial charge in [0.25, 0.3) is 0 Å². The van der Waals surface area contributed by atoms with Gasteiger partial charge >= 0.3 is 0 Å². The Labute approximate surface area is 131 Å². The molecule has 1 atom stereocenters. The molecule has 3 aliphatic rings. The largest absolute Gasteiger partial charge is 0.492 e. The van der Waals surface area contributed by atoms with Gasteiger partial charge in [0, 0.05) is 51.1 Å². The quantitative estimate of drug-likeness (QED) is 0.847. The van der Waals surface area contributed by atoms with Crippen LogP contribution in [0, 0.1) is 5.92 Å². The highest BCUT2D eigenvalue weighted by atomic mass is 16.5. The summed E-state index contributed by atoms with van der Waals surface area (Å²) in [6, 6.07) is 4.56. The molecule has 0 bridgehead atoms. The second-order valence-electron chi connectivity index (χ2n) is 6.65. The minimum absolute atomic E-state index is 0.0283. The molecule has 3 fully saturated rings. The Bertz CT molecular complexity index is 484. The first kappa shape index (κ1) is 14.4. The standard InChI is InChI=1S/C17H24N2O3/c1-2-16(10-18-6-1)21-11-14-3-9-22-17(14)12-19(13-17)15-4-7-20-8-5-15/h1-2,6,10,14-15H,3-5,7-9,11-13H2. The summed E-state index contributed by atoms with van der Waals surface area (Å²) in [5, 5.41) is 0. The van der Waals surface area contributed by atoms with Gasteiger partial charge in [0.1, 0.15) is 5.75 Å². The van der Waals surface area contributed by atoms with Crippen molar-refractivity contribution in [2.75, 3.05) is 39.5 Å². The normalized spacial score (nSPS) is 28.6. The molecular formula is C17H24N2O3. The lowest BCUT2D eigenvalue weighted by Crippen LogP contribution is -2.68. The van der Waals surface area contributed by atoms with Crippen LogP contribution in [-0.2, 0) is 9.47 Å². The summed E-state index contributed by atoms with van der Waals surface area (Å²) in [5.41, 5.74) is 0.0283. The summed E-state index contributed by atoms with van der Waals surface area (Å²) in [6.45, 7) is 5.51. The fourth-order valence-corrected chi connectivity index (χ4v) is 3.95. The highest BCUT2D eigenvalue weighted by Crippen LogP contribution is 2.42. The maximum absolute atomic E-state index is 6.13. The van der Waals surface area contributed by atoms with E-state index in [4.69, 9.17) is 14.2 Å². The summed E-state index contributed by atoms with van der Waals surface area (Å²) >= 11 is 0. The Morgan fingerprint density at radius 2 is 2.09 bits per heavy atom. The molecule has 0 aromatic carbocycles. The van der Waals surface area contributed by atoms with Crippen LogP contribution in [-0.4, -0.2) is 61.0 Å². The fraction of sp³-hybridized carbons (Fsp3) is 0.706. The van der Waals surface area contributed by atoms with Crippen LogP contribution in [0.1, 0.15) is 19.3 Å². The van der Waals surface area contributed by atoms with Gasteiger partial charge in [-0.3, -0.25) is 9.88 Å². The summed E-state index contributed by atoms with van der Waals surface area (Å²) < 4.78 is 17.5. The molecule has 5 nitrogen and oxygen atoms in total. The molecule has 120 valence electrons. The molecule has 1 aromatic heterocycles. The van der Waals surface area contributed by atoms with Crippen LogP contribution in [0.2, 0.25) is 0 Å². The Balaban J connectivity index is 1.32. The average molecular weight is 304 g/mol. The highest BCUT2D eigenvalue weighted by molar-refractivity contribution is 5.16. The zero-order valence-electron chi connectivity index (χ0n) is 12.9. The molecule has 0 N–H and O–H groups in total. The first-order chi connectivity index (χ1) is 10.9. The predicted molar refractivity (Wildman–Crippen MR) is 81.9 cm³/mol. The Morgan fingerprint density at radius 3 is 2.86 bits per heavy atom. The maximum atomic E-state index is 6.13. The van der Waals surface area contributed by atoms with Gasteiger partial charge in [0.15, 0.2) is 0 Å². The Kier molecular flexibility index (Phi) is 4.03. The van der Waals surface area contributed by atoms with Gasteiger partial charge in [-0.15, -0.1) is 0 Å². The molecule has 22 heavy (non-hydrogen) atoms. The van der Waals surface area contributed by atoms with Crippen molar-refractivity contribution in [3.05, 3.63) is 24.5 Å². The molecule has 4 rings (SSSR count). The van der Waals surface area contributed by atoms with Gasteiger partial charge in [-0.05, 0) is 31.4 Å². The van der Waals surface area contributed by atoms with Crippen molar-refractivity contribution in [1.29, 1.82) is 0 Å². The third-order valence-corrected chi connectivity index (χ3v) is 5.33. The van der Waals surface area contributed by atoms with Crippen molar-refractivity contribution in [1.82, 2.24) is 9.88 Å². The Hall–Kier alpha value is -1.17. The summed E-state index contributed by atoms with van der Waals surface area (Å²) in [7, 11) is 0. The lowest BCUT2D eigenvalue weighted by Gasteiger charge is -2.53. The minimum atomic E-state index is 0.0283. The average Bonchev–Trinajstić information content (AvgIpc) is 2.97. The molecule has 1 aromatic rings. The summed E-state index contributed by atoms with van der Waals surface area (Å²) in [4.78, 5) is 6.67. The van der Waals surface area contributed by atoms with Gasteiger partial charge in [0.05, 0.1) is 18.4 Å². The molecular weight excluding hydrogens is 280 g/mol. The number of rotatable bonds is 4. The Morgan fingerprint density at radius 1 is 1.23 bits per heavy atom. The van der Waals surface area contributed by atoms with Crippen molar-refractivity contribution < 1.29 is 14.2 Å². The number of likely N-dealkylation sites (tertiary alicyclic amines) is 1. The first-order valence-electron chi connectivity index (χ1n) is 8.34. The molecule has 0 amide bonds. The molecule has 0 aliphatic carbocycles. The van der Waals surface area contributed by atoms with Gasteiger partial charge in [-0.1, -0.05) is 0 Å². The van der Waals surface area contributed by atoms with E-state index in [1.165, 1.54) is 0 Å². The number of hydrogen-bond acceptors (Lipinski definition) is 5. The van der Waals surface area contributed by atoms with Crippen LogP contribution in [0.5, 0.6) is 5.75 Å². The van der Waals surface area contributed by atoms with Crippen molar-refractivity contribution >= 4 is 0 Å². The van der Waals surface area contributed by atoms with Gasteiger partial charge in [0.2, 0.25) is 0 Å². The van der Waals surface area contributed by atoms with E-state index in [0.29, 0.717) is 12.0 Å². The van der Waals surface area contributed by atoms with Crippen LogP contribution >= 0.6 is 0 Å². The molecule has 0 radical (unpaired) electrons.